The number of nitrogens with zero attached hydrogens (tertiary/aromatic N) is 2. The van der Waals surface area contributed by atoms with Crippen molar-refractivity contribution in [2.24, 2.45) is 0 Å². The van der Waals surface area contributed by atoms with Crippen molar-refractivity contribution in [3.8, 4) is 0 Å². The molecule has 0 bridgehead atoms. The maximum Gasteiger partial charge on any atom is 0.262 e. The van der Waals surface area contributed by atoms with Crippen LogP contribution in [0, 0.1) is 5.82 Å². The Morgan fingerprint density at radius 2 is 1.66 bits per heavy atom. The molecule has 29 heavy (non-hydrogen) atoms. The van der Waals surface area contributed by atoms with E-state index in [4.69, 9.17) is 4.74 Å². The molecule has 2 aliphatic heterocycles. The van der Waals surface area contributed by atoms with Gasteiger partial charge in [0.15, 0.2) is 0 Å². The lowest BCUT2D eigenvalue weighted by molar-refractivity contribution is -0.155. The Balaban J connectivity index is 1.55. The predicted molar refractivity (Wildman–Crippen MR) is 103 cm³/mol. The van der Waals surface area contributed by atoms with Crippen LogP contribution >= 0.6 is 0 Å². The maximum atomic E-state index is 14.2. The van der Waals surface area contributed by atoms with Gasteiger partial charge >= 0.3 is 0 Å². The van der Waals surface area contributed by atoms with E-state index in [1.165, 1.54) is 6.07 Å². The first-order chi connectivity index (χ1) is 13.8. The minimum absolute atomic E-state index is 0.135. The molecule has 7 heteroatoms. The van der Waals surface area contributed by atoms with Crippen molar-refractivity contribution in [2.45, 2.75) is 25.5 Å². The van der Waals surface area contributed by atoms with E-state index in [-0.39, 0.29) is 25.6 Å². The van der Waals surface area contributed by atoms with Crippen LogP contribution in [0.2, 0.25) is 0 Å². The average Bonchev–Trinajstić information content (AvgIpc) is 2.93. The van der Waals surface area contributed by atoms with Gasteiger partial charge in [-0.15, -0.1) is 0 Å². The molecule has 0 radical (unpaired) electrons. The standard InChI is InChI=1S/C22H21FN2O4/c1-22(2)13-29-18(16-9-5-6-10-17(16)23)11-25(22)19(26)12-24-20(27)14-7-3-4-8-15(14)21(24)28/h3-10,18H,11-13H2,1-2H3. The Kier molecular flexibility index (Phi) is 4.70. The molecule has 2 aromatic rings. The fourth-order valence-electron chi connectivity index (χ4n) is 3.82. The normalized spacial score (nSPS) is 20.7. The van der Waals surface area contributed by atoms with Crippen LogP contribution in [0.1, 0.15) is 46.2 Å². The van der Waals surface area contributed by atoms with Crippen LogP contribution in [0.25, 0.3) is 0 Å². The van der Waals surface area contributed by atoms with Crippen molar-refractivity contribution in [1.82, 2.24) is 9.80 Å². The third kappa shape index (κ3) is 3.31. The monoisotopic (exact) mass is 396 g/mol. The second kappa shape index (κ2) is 7.08. The van der Waals surface area contributed by atoms with E-state index in [2.05, 4.69) is 0 Å². The summed E-state index contributed by atoms with van der Waals surface area (Å²) in [6.45, 7) is 3.66. The number of halogens is 1. The van der Waals surface area contributed by atoms with Crippen molar-refractivity contribution in [2.75, 3.05) is 19.7 Å². The maximum absolute atomic E-state index is 14.2. The molecule has 0 aromatic heterocycles. The summed E-state index contributed by atoms with van der Waals surface area (Å²) in [5.74, 6) is -1.73. The van der Waals surface area contributed by atoms with Crippen LogP contribution in [-0.2, 0) is 9.53 Å². The Bertz CT molecular complexity index is 969. The van der Waals surface area contributed by atoms with Crippen LogP contribution in [0.4, 0.5) is 4.39 Å². The molecule has 2 aliphatic rings. The molecule has 1 saturated heterocycles. The second-order valence-corrected chi connectivity index (χ2v) is 7.88. The molecule has 0 aliphatic carbocycles. The molecular formula is C22H21FN2O4. The SMILES string of the molecule is CC1(C)COC(c2ccccc2F)CN1C(=O)CN1C(=O)c2ccccc2C1=O. The minimum Gasteiger partial charge on any atom is -0.369 e. The van der Waals surface area contributed by atoms with Crippen LogP contribution in [0.3, 0.4) is 0 Å². The molecule has 1 fully saturated rings. The van der Waals surface area contributed by atoms with E-state index in [1.807, 2.05) is 13.8 Å². The van der Waals surface area contributed by atoms with E-state index in [0.717, 1.165) is 4.90 Å². The molecule has 2 heterocycles. The van der Waals surface area contributed by atoms with E-state index in [9.17, 15) is 18.8 Å². The van der Waals surface area contributed by atoms with Gasteiger partial charge in [0.25, 0.3) is 11.8 Å². The van der Waals surface area contributed by atoms with Gasteiger partial charge in [0.05, 0.1) is 29.8 Å². The molecule has 4 rings (SSSR count). The molecule has 0 spiro atoms. The highest BCUT2D eigenvalue weighted by Crippen LogP contribution is 2.32. The summed E-state index contributed by atoms with van der Waals surface area (Å²) < 4.78 is 20.0. The minimum atomic E-state index is -0.655. The summed E-state index contributed by atoms with van der Waals surface area (Å²) in [4.78, 5) is 40.8. The molecule has 2 aromatic carbocycles. The average molecular weight is 396 g/mol. The van der Waals surface area contributed by atoms with Gasteiger partial charge in [-0.2, -0.15) is 0 Å². The Labute approximate surface area is 167 Å². The summed E-state index contributed by atoms with van der Waals surface area (Å²) in [6.07, 6.45) is -0.615. The Morgan fingerprint density at radius 1 is 1.07 bits per heavy atom. The van der Waals surface area contributed by atoms with Gasteiger partial charge in [-0.1, -0.05) is 30.3 Å². The highest BCUT2D eigenvalue weighted by Gasteiger charge is 2.42. The number of amides is 3. The van der Waals surface area contributed by atoms with Gasteiger partial charge in [0.2, 0.25) is 5.91 Å². The number of carbonyl (C=O) groups excluding carboxylic acids is 3. The molecule has 1 atom stereocenters. The molecular weight excluding hydrogens is 375 g/mol. The van der Waals surface area contributed by atoms with E-state index < -0.39 is 29.3 Å². The number of hydrogen-bond acceptors (Lipinski definition) is 4. The third-order valence-electron chi connectivity index (χ3n) is 5.44. The summed E-state index contributed by atoms with van der Waals surface area (Å²) in [6, 6.07) is 12.8. The first kappa shape index (κ1) is 19.3. The molecule has 1 unspecified atom stereocenters. The van der Waals surface area contributed by atoms with Crippen LogP contribution in [-0.4, -0.2) is 52.8 Å². The highest BCUT2D eigenvalue weighted by atomic mass is 19.1. The first-order valence-electron chi connectivity index (χ1n) is 9.41. The number of fused-ring (bicyclic) bond motifs is 1. The van der Waals surface area contributed by atoms with Crippen molar-refractivity contribution in [3.05, 3.63) is 71.0 Å². The molecule has 0 saturated carbocycles. The molecule has 0 N–H and O–H groups in total. The smallest absolute Gasteiger partial charge is 0.262 e. The summed E-state index contributed by atoms with van der Waals surface area (Å²) in [5.41, 5.74) is 0.324. The highest BCUT2D eigenvalue weighted by molar-refractivity contribution is 6.22. The molecule has 3 amide bonds. The topological polar surface area (TPSA) is 66.9 Å². The van der Waals surface area contributed by atoms with Crippen LogP contribution in [0.5, 0.6) is 0 Å². The van der Waals surface area contributed by atoms with Crippen molar-refractivity contribution >= 4 is 17.7 Å². The first-order valence-corrected chi connectivity index (χ1v) is 9.41. The third-order valence-corrected chi connectivity index (χ3v) is 5.44. The number of imide groups is 1. The zero-order valence-corrected chi connectivity index (χ0v) is 16.2. The van der Waals surface area contributed by atoms with Gasteiger partial charge in [-0.25, -0.2) is 4.39 Å². The molecule has 150 valence electrons. The lowest BCUT2D eigenvalue weighted by Gasteiger charge is -2.45. The summed E-state index contributed by atoms with van der Waals surface area (Å²) >= 11 is 0. The number of ether oxygens (including phenoxy) is 1. The number of hydrogen-bond donors (Lipinski definition) is 0. The fraction of sp³-hybridized carbons (Fsp3) is 0.318. The van der Waals surface area contributed by atoms with Crippen LogP contribution < -0.4 is 0 Å². The zero-order chi connectivity index (χ0) is 20.8. The Morgan fingerprint density at radius 3 is 2.28 bits per heavy atom. The van der Waals surface area contributed by atoms with E-state index in [1.54, 1.807) is 47.4 Å². The lowest BCUT2D eigenvalue weighted by atomic mass is 9.97. The van der Waals surface area contributed by atoms with Crippen molar-refractivity contribution in [1.29, 1.82) is 0 Å². The quantitative estimate of drug-likeness (QED) is 0.749. The fourth-order valence-corrected chi connectivity index (χ4v) is 3.82. The number of benzene rings is 2. The zero-order valence-electron chi connectivity index (χ0n) is 16.2. The van der Waals surface area contributed by atoms with Crippen molar-refractivity contribution in [3.63, 3.8) is 0 Å². The van der Waals surface area contributed by atoms with E-state index in [0.29, 0.717) is 16.7 Å². The van der Waals surface area contributed by atoms with Crippen molar-refractivity contribution < 1.29 is 23.5 Å². The second-order valence-electron chi connectivity index (χ2n) is 7.88. The van der Waals surface area contributed by atoms with Gasteiger partial charge in [0.1, 0.15) is 18.5 Å². The number of rotatable bonds is 3. The van der Waals surface area contributed by atoms with Gasteiger partial charge < -0.3 is 9.64 Å². The predicted octanol–water partition coefficient (Wildman–Crippen LogP) is 2.80. The number of morpholine rings is 1. The Hall–Kier alpha value is -3.06. The van der Waals surface area contributed by atoms with E-state index >= 15 is 0 Å². The van der Waals surface area contributed by atoms with Crippen LogP contribution in [0.15, 0.2) is 48.5 Å². The van der Waals surface area contributed by atoms with Gasteiger partial charge in [0, 0.05) is 5.56 Å². The lowest BCUT2D eigenvalue weighted by Crippen LogP contribution is -2.58. The molecule has 6 nitrogen and oxygen atoms in total. The van der Waals surface area contributed by atoms with Gasteiger partial charge in [-0.3, -0.25) is 19.3 Å². The summed E-state index contributed by atoms with van der Waals surface area (Å²) in [7, 11) is 0. The number of carbonyl (C=O) groups is 3. The van der Waals surface area contributed by atoms with Gasteiger partial charge in [-0.05, 0) is 32.0 Å². The largest absolute Gasteiger partial charge is 0.369 e. The summed E-state index contributed by atoms with van der Waals surface area (Å²) in [5, 5.41) is 0.